The normalized spacial score (nSPS) is 22.0. The fourth-order valence-electron chi connectivity index (χ4n) is 4.21. The second kappa shape index (κ2) is 5.59. The molecule has 6 heteroatoms. The first kappa shape index (κ1) is 15.0. The van der Waals surface area contributed by atoms with Crippen LogP contribution in [0.1, 0.15) is 18.0 Å². The van der Waals surface area contributed by atoms with Crippen LogP contribution in [0.3, 0.4) is 0 Å². The molecule has 3 aromatic rings. The minimum atomic E-state index is 0.132. The van der Waals surface area contributed by atoms with Crippen LogP contribution in [0.4, 0.5) is 5.13 Å². The Morgan fingerprint density at radius 2 is 2.12 bits per heavy atom. The number of anilines is 1. The molecule has 0 saturated carbocycles. The fourth-order valence-corrected chi connectivity index (χ4v) is 5.17. The molecule has 2 aromatic heterocycles. The van der Waals surface area contributed by atoms with E-state index in [1.54, 1.807) is 24.5 Å². The molecule has 2 aliphatic rings. The van der Waals surface area contributed by atoms with Crippen molar-refractivity contribution >= 4 is 26.7 Å². The third kappa shape index (κ3) is 2.43. The second-order valence-corrected chi connectivity index (χ2v) is 7.94. The molecule has 128 valence electrons. The molecular formula is C19H19N3O2S. The molecule has 0 spiro atoms. The number of aromatic nitrogens is 2. The molecule has 5 rings (SSSR count). The zero-order valence-electron chi connectivity index (χ0n) is 14.0. The number of piperidine rings is 1. The van der Waals surface area contributed by atoms with E-state index >= 15 is 0 Å². The van der Waals surface area contributed by atoms with Crippen LogP contribution in [0, 0.1) is 5.92 Å². The van der Waals surface area contributed by atoms with Gasteiger partial charge in [0, 0.05) is 43.4 Å². The van der Waals surface area contributed by atoms with Crippen molar-refractivity contribution in [2.24, 2.45) is 5.92 Å². The zero-order valence-corrected chi connectivity index (χ0v) is 14.8. The molecule has 25 heavy (non-hydrogen) atoms. The molecule has 2 atom stereocenters. The number of ether oxygens (including phenoxy) is 1. The average molecular weight is 353 g/mol. The average Bonchev–Trinajstić information content (AvgIpc) is 3.05. The van der Waals surface area contributed by atoms with Crippen molar-refractivity contribution in [2.45, 2.75) is 18.9 Å². The highest BCUT2D eigenvalue weighted by Gasteiger charge is 2.35. The number of methoxy groups -OCH3 is 1. The summed E-state index contributed by atoms with van der Waals surface area (Å²) in [6.07, 6.45) is 1.17. The SMILES string of the molecule is COc1ccc2sc(N3CC4CC(C3)c3cccc(=O)n3C4)nc2c1. The van der Waals surface area contributed by atoms with Crippen LogP contribution in [-0.4, -0.2) is 29.8 Å². The molecule has 0 amide bonds. The molecule has 0 aliphatic carbocycles. The summed E-state index contributed by atoms with van der Waals surface area (Å²) in [6, 6.07) is 11.7. The Morgan fingerprint density at radius 3 is 3.00 bits per heavy atom. The van der Waals surface area contributed by atoms with Crippen LogP contribution in [0.25, 0.3) is 10.2 Å². The van der Waals surface area contributed by atoms with E-state index in [0.717, 1.165) is 36.0 Å². The highest BCUT2D eigenvalue weighted by molar-refractivity contribution is 7.22. The maximum Gasteiger partial charge on any atom is 0.250 e. The van der Waals surface area contributed by atoms with Gasteiger partial charge < -0.3 is 14.2 Å². The third-order valence-electron chi connectivity index (χ3n) is 5.33. The maximum atomic E-state index is 12.2. The van der Waals surface area contributed by atoms with E-state index in [4.69, 9.17) is 9.72 Å². The van der Waals surface area contributed by atoms with Crippen molar-refractivity contribution in [1.82, 2.24) is 9.55 Å². The van der Waals surface area contributed by atoms with E-state index in [1.165, 1.54) is 16.8 Å². The number of pyridine rings is 1. The monoisotopic (exact) mass is 353 g/mol. The molecule has 0 radical (unpaired) electrons. The van der Waals surface area contributed by atoms with Gasteiger partial charge in [-0.2, -0.15) is 0 Å². The van der Waals surface area contributed by atoms with E-state index < -0.39 is 0 Å². The molecular weight excluding hydrogens is 334 g/mol. The summed E-state index contributed by atoms with van der Waals surface area (Å²) in [7, 11) is 1.68. The number of rotatable bonds is 2. The van der Waals surface area contributed by atoms with Gasteiger partial charge in [0.25, 0.3) is 5.56 Å². The van der Waals surface area contributed by atoms with E-state index in [1.807, 2.05) is 22.8 Å². The molecule has 2 bridgehead atoms. The number of thiazole rings is 1. The van der Waals surface area contributed by atoms with Crippen LogP contribution in [0.15, 0.2) is 41.2 Å². The molecule has 1 fully saturated rings. The van der Waals surface area contributed by atoms with Gasteiger partial charge in [0.2, 0.25) is 0 Å². The first-order valence-corrected chi connectivity index (χ1v) is 9.42. The number of fused-ring (bicyclic) bond motifs is 5. The van der Waals surface area contributed by atoms with Gasteiger partial charge in [-0.25, -0.2) is 4.98 Å². The lowest BCUT2D eigenvalue weighted by atomic mass is 9.83. The van der Waals surface area contributed by atoms with Gasteiger partial charge >= 0.3 is 0 Å². The van der Waals surface area contributed by atoms with Crippen molar-refractivity contribution < 1.29 is 4.74 Å². The molecule has 0 N–H and O–H groups in total. The Balaban J connectivity index is 1.50. The Morgan fingerprint density at radius 1 is 1.20 bits per heavy atom. The highest BCUT2D eigenvalue weighted by atomic mass is 32.1. The van der Waals surface area contributed by atoms with Gasteiger partial charge in [-0.3, -0.25) is 4.79 Å². The van der Waals surface area contributed by atoms with Crippen LogP contribution in [0.5, 0.6) is 5.75 Å². The first-order valence-electron chi connectivity index (χ1n) is 8.60. The topological polar surface area (TPSA) is 47.4 Å². The summed E-state index contributed by atoms with van der Waals surface area (Å²) in [5.41, 5.74) is 2.30. The summed E-state index contributed by atoms with van der Waals surface area (Å²) in [5, 5.41) is 1.07. The minimum Gasteiger partial charge on any atom is -0.497 e. The maximum absolute atomic E-state index is 12.2. The third-order valence-corrected chi connectivity index (χ3v) is 6.43. The van der Waals surface area contributed by atoms with Gasteiger partial charge in [-0.1, -0.05) is 17.4 Å². The number of benzene rings is 1. The fraction of sp³-hybridized carbons (Fsp3) is 0.368. The summed E-state index contributed by atoms with van der Waals surface area (Å²) in [6.45, 7) is 2.71. The van der Waals surface area contributed by atoms with Crippen molar-refractivity contribution in [3.05, 3.63) is 52.4 Å². The van der Waals surface area contributed by atoms with Gasteiger partial charge in [0.15, 0.2) is 5.13 Å². The molecule has 2 unspecified atom stereocenters. The van der Waals surface area contributed by atoms with Gasteiger partial charge in [0.1, 0.15) is 5.75 Å². The summed E-state index contributed by atoms with van der Waals surface area (Å²) in [4.78, 5) is 19.4. The van der Waals surface area contributed by atoms with E-state index in [2.05, 4.69) is 17.0 Å². The predicted octanol–water partition coefficient (Wildman–Crippen LogP) is 3.09. The molecule has 1 saturated heterocycles. The van der Waals surface area contributed by atoms with Crippen molar-refractivity contribution in [2.75, 3.05) is 25.1 Å². The van der Waals surface area contributed by atoms with Crippen molar-refractivity contribution in [3.63, 3.8) is 0 Å². The van der Waals surface area contributed by atoms with Gasteiger partial charge in [-0.05, 0) is 30.5 Å². The lowest BCUT2D eigenvalue weighted by molar-refractivity contribution is 0.281. The van der Waals surface area contributed by atoms with Crippen LogP contribution >= 0.6 is 11.3 Å². The molecule has 1 aromatic carbocycles. The van der Waals surface area contributed by atoms with Crippen LogP contribution < -0.4 is 15.2 Å². The Labute approximate surface area is 149 Å². The predicted molar refractivity (Wildman–Crippen MR) is 99.9 cm³/mol. The van der Waals surface area contributed by atoms with Crippen molar-refractivity contribution in [3.8, 4) is 5.75 Å². The Kier molecular flexibility index (Phi) is 3.35. The zero-order chi connectivity index (χ0) is 17.0. The lowest BCUT2D eigenvalue weighted by Crippen LogP contribution is -2.47. The summed E-state index contributed by atoms with van der Waals surface area (Å²) < 4.78 is 8.46. The van der Waals surface area contributed by atoms with Gasteiger partial charge in [0.05, 0.1) is 17.3 Å². The van der Waals surface area contributed by atoms with E-state index in [-0.39, 0.29) is 5.56 Å². The van der Waals surface area contributed by atoms with Gasteiger partial charge in [-0.15, -0.1) is 0 Å². The lowest BCUT2D eigenvalue weighted by Gasteiger charge is -2.42. The quantitative estimate of drug-likeness (QED) is 0.710. The second-order valence-electron chi connectivity index (χ2n) is 6.93. The Bertz CT molecular complexity index is 1010. The number of nitrogens with zero attached hydrogens (tertiary/aromatic N) is 3. The summed E-state index contributed by atoms with van der Waals surface area (Å²) >= 11 is 1.74. The smallest absolute Gasteiger partial charge is 0.250 e. The molecule has 5 nitrogen and oxygen atoms in total. The summed E-state index contributed by atoms with van der Waals surface area (Å²) in [5.74, 6) is 1.75. The van der Waals surface area contributed by atoms with Crippen LogP contribution in [0.2, 0.25) is 0 Å². The van der Waals surface area contributed by atoms with Crippen LogP contribution in [-0.2, 0) is 6.54 Å². The standard InChI is InChI=1S/C19H19N3O2S/c1-24-14-5-6-17-15(8-14)20-19(25-17)21-9-12-7-13(11-21)16-3-2-4-18(23)22(16)10-12/h2-6,8,12-13H,7,9-11H2,1H3. The van der Waals surface area contributed by atoms with E-state index in [0.29, 0.717) is 11.8 Å². The molecule has 4 heterocycles. The van der Waals surface area contributed by atoms with Crippen molar-refractivity contribution in [1.29, 1.82) is 0 Å². The minimum absolute atomic E-state index is 0.132. The number of hydrogen-bond donors (Lipinski definition) is 0. The first-order chi connectivity index (χ1) is 12.2. The largest absolute Gasteiger partial charge is 0.497 e. The molecule has 2 aliphatic heterocycles. The highest BCUT2D eigenvalue weighted by Crippen LogP contribution is 2.39. The van der Waals surface area contributed by atoms with E-state index in [9.17, 15) is 4.79 Å². The number of hydrogen-bond acceptors (Lipinski definition) is 5. The Hall–Kier alpha value is -2.34.